The van der Waals surface area contributed by atoms with Crippen molar-refractivity contribution in [2.24, 2.45) is 11.3 Å². The number of hydrogen-bond acceptors (Lipinski definition) is 2. The zero-order valence-electron chi connectivity index (χ0n) is 14.2. The van der Waals surface area contributed by atoms with Crippen LogP contribution in [0.2, 0.25) is 0 Å². The van der Waals surface area contributed by atoms with Crippen LogP contribution in [0.3, 0.4) is 0 Å². The topological polar surface area (TPSA) is 78.4 Å². The van der Waals surface area contributed by atoms with Crippen molar-refractivity contribution in [2.45, 2.75) is 72.8 Å². The maximum atomic E-state index is 11.9. The fourth-order valence-corrected chi connectivity index (χ4v) is 2.14. The Morgan fingerprint density at radius 3 is 2.29 bits per heavy atom. The minimum absolute atomic E-state index is 0.0294. The number of aliphatic carboxylic acids is 1. The van der Waals surface area contributed by atoms with Crippen LogP contribution in [0, 0.1) is 11.3 Å². The first-order valence-corrected chi connectivity index (χ1v) is 8.00. The van der Waals surface area contributed by atoms with E-state index >= 15 is 0 Å². The molecule has 0 aromatic heterocycles. The van der Waals surface area contributed by atoms with Crippen LogP contribution in [-0.2, 0) is 4.79 Å². The summed E-state index contributed by atoms with van der Waals surface area (Å²) in [4.78, 5) is 23.0. The second-order valence-corrected chi connectivity index (χ2v) is 6.65. The quantitative estimate of drug-likeness (QED) is 0.541. The van der Waals surface area contributed by atoms with E-state index in [1.807, 2.05) is 13.8 Å². The SMILES string of the molecule is CCCCCC(C)(C)CNC(=O)N[C@H](C(=O)O)C(C)CC. The van der Waals surface area contributed by atoms with Gasteiger partial charge in [-0.2, -0.15) is 0 Å². The van der Waals surface area contributed by atoms with E-state index in [0.717, 1.165) is 12.8 Å². The molecule has 0 aliphatic carbocycles. The molecule has 0 bridgehead atoms. The number of urea groups is 1. The van der Waals surface area contributed by atoms with Gasteiger partial charge in [0, 0.05) is 6.54 Å². The highest BCUT2D eigenvalue weighted by molar-refractivity contribution is 5.82. The highest BCUT2D eigenvalue weighted by atomic mass is 16.4. The first kappa shape index (κ1) is 19.7. The van der Waals surface area contributed by atoms with Crippen molar-refractivity contribution >= 4 is 12.0 Å². The van der Waals surface area contributed by atoms with Crippen LogP contribution >= 0.6 is 0 Å². The van der Waals surface area contributed by atoms with Crippen molar-refractivity contribution in [1.29, 1.82) is 0 Å². The molecule has 21 heavy (non-hydrogen) atoms. The van der Waals surface area contributed by atoms with Crippen LogP contribution in [0.15, 0.2) is 0 Å². The fraction of sp³-hybridized carbons (Fsp3) is 0.875. The smallest absolute Gasteiger partial charge is 0.326 e. The Labute approximate surface area is 128 Å². The second kappa shape index (κ2) is 9.64. The summed E-state index contributed by atoms with van der Waals surface area (Å²) >= 11 is 0. The molecular weight excluding hydrogens is 268 g/mol. The van der Waals surface area contributed by atoms with Crippen molar-refractivity contribution in [3.05, 3.63) is 0 Å². The fourth-order valence-electron chi connectivity index (χ4n) is 2.14. The number of unbranched alkanes of at least 4 members (excludes halogenated alkanes) is 2. The van der Waals surface area contributed by atoms with E-state index in [1.54, 1.807) is 0 Å². The first-order chi connectivity index (χ1) is 9.73. The Hall–Kier alpha value is -1.26. The Kier molecular flexibility index (Phi) is 9.06. The van der Waals surface area contributed by atoms with Gasteiger partial charge in [-0.3, -0.25) is 0 Å². The summed E-state index contributed by atoms with van der Waals surface area (Å²) in [7, 11) is 0. The summed E-state index contributed by atoms with van der Waals surface area (Å²) in [5.74, 6) is -1.08. The molecule has 124 valence electrons. The van der Waals surface area contributed by atoms with Crippen molar-refractivity contribution < 1.29 is 14.7 Å². The van der Waals surface area contributed by atoms with Gasteiger partial charge in [0.2, 0.25) is 0 Å². The molecule has 0 saturated carbocycles. The standard InChI is InChI=1S/C16H32N2O3/c1-6-8-9-10-16(4,5)11-17-15(21)18-13(14(19)20)12(3)7-2/h12-13H,6-11H2,1-5H3,(H,19,20)(H2,17,18,21)/t12?,13-/m0/s1. The largest absolute Gasteiger partial charge is 0.480 e. The number of carboxylic acids is 1. The highest BCUT2D eigenvalue weighted by Crippen LogP contribution is 2.22. The van der Waals surface area contributed by atoms with Gasteiger partial charge in [0.25, 0.3) is 0 Å². The molecule has 3 N–H and O–H groups in total. The van der Waals surface area contributed by atoms with E-state index in [2.05, 4.69) is 31.4 Å². The van der Waals surface area contributed by atoms with Crippen LogP contribution in [0.4, 0.5) is 4.79 Å². The molecular formula is C16H32N2O3. The van der Waals surface area contributed by atoms with Gasteiger partial charge in [-0.05, 0) is 17.8 Å². The van der Waals surface area contributed by atoms with E-state index in [1.165, 1.54) is 12.8 Å². The lowest BCUT2D eigenvalue weighted by atomic mass is 9.87. The number of carbonyl (C=O) groups is 2. The first-order valence-electron chi connectivity index (χ1n) is 8.00. The molecule has 5 nitrogen and oxygen atoms in total. The molecule has 2 atom stereocenters. The predicted molar refractivity (Wildman–Crippen MR) is 85.3 cm³/mol. The summed E-state index contributed by atoms with van der Waals surface area (Å²) in [6.07, 6.45) is 5.29. The van der Waals surface area contributed by atoms with Gasteiger partial charge in [0.1, 0.15) is 6.04 Å². The van der Waals surface area contributed by atoms with Gasteiger partial charge >= 0.3 is 12.0 Å². The molecule has 0 aromatic rings. The molecule has 5 heteroatoms. The van der Waals surface area contributed by atoms with E-state index in [4.69, 9.17) is 5.11 Å². The normalized spacial score (nSPS) is 14.3. The number of hydrogen-bond donors (Lipinski definition) is 3. The molecule has 0 saturated heterocycles. The molecule has 2 amide bonds. The lowest BCUT2D eigenvalue weighted by molar-refractivity contribution is -0.140. The number of carboxylic acid groups (broad SMARTS) is 1. The molecule has 0 heterocycles. The highest BCUT2D eigenvalue weighted by Gasteiger charge is 2.26. The van der Waals surface area contributed by atoms with Crippen LogP contribution in [0.5, 0.6) is 0 Å². The minimum Gasteiger partial charge on any atom is -0.480 e. The van der Waals surface area contributed by atoms with Crippen molar-refractivity contribution in [3.8, 4) is 0 Å². The van der Waals surface area contributed by atoms with E-state index < -0.39 is 18.0 Å². The van der Waals surface area contributed by atoms with Gasteiger partial charge in [-0.15, -0.1) is 0 Å². The molecule has 0 fully saturated rings. The Bertz CT molecular complexity index is 329. The summed E-state index contributed by atoms with van der Waals surface area (Å²) in [5, 5.41) is 14.5. The maximum Gasteiger partial charge on any atom is 0.326 e. The van der Waals surface area contributed by atoms with E-state index in [9.17, 15) is 9.59 Å². The van der Waals surface area contributed by atoms with Crippen LogP contribution in [0.1, 0.15) is 66.7 Å². The van der Waals surface area contributed by atoms with E-state index in [0.29, 0.717) is 13.0 Å². The molecule has 0 spiro atoms. The van der Waals surface area contributed by atoms with Gasteiger partial charge in [0.15, 0.2) is 0 Å². The number of amides is 2. The second-order valence-electron chi connectivity index (χ2n) is 6.65. The Morgan fingerprint density at radius 2 is 1.81 bits per heavy atom. The average molecular weight is 300 g/mol. The zero-order valence-corrected chi connectivity index (χ0v) is 14.2. The Balaban J connectivity index is 4.26. The number of rotatable bonds is 10. The summed E-state index contributed by atoms with van der Waals surface area (Å²) in [5.41, 5.74) is 0.0294. The Morgan fingerprint density at radius 1 is 1.19 bits per heavy atom. The zero-order chi connectivity index (χ0) is 16.5. The molecule has 0 aromatic carbocycles. The minimum atomic E-state index is -0.985. The number of nitrogens with one attached hydrogen (secondary N) is 2. The molecule has 0 radical (unpaired) electrons. The van der Waals surface area contributed by atoms with Crippen molar-refractivity contribution in [3.63, 3.8) is 0 Å². The van der Waals surface area contributed by atoms with E-state index in [-0.39, 0.29) is 11.3 Å². The third kappa shape index (κ3) is 8.58. The van der Waals surface area contributed by atoms with Gasteiger partial charge in [0.05, 0.1) is 0 Å². The lowest BCUT2D eigenvalue weighted by Crippen LogP contribution is -2.50. The van der Waals surface area contributed by atoms with Gasteiger partial charge < -0.3 is 15.7 Å². The lowest BCUT2D eigenvalue weighted by Gasteiger charge is -2.26. The van der Waals surface area contributed by atoms with Gasteiger partial charge in [-0.1, -0.05) is 60.3 Å². The molecule has 1 unspecified atom stereocenters. The summed E-state index contributed by atoms with van der Waals surface area (Å²) in [6.45, 7) is 10.7. The van der Waals surface area contributed by atoms with Crippen LogP contribution < -0.4 is 10.6 Å². The third-order valence-electron chi connectivity index (χ3n) is 3.95. The van der Waals surface area contributed by atoms with Crippen LogP contribution in [0.25, 0.3) is 0 Å². The van der Waals surface area contributed by atoms with Gasteiger partial charge in [-0.25, -0.2) is 9.59 Å². The molecule has 0 aliphatic rings. The van der Waals surface area contributed by atoms with Crippen LogP contribution in [-0.4, -0.2) is 29.7 Å². The third-order valence-corrected chi connectivity index (χ3v) is 3.95. The monoisotopic (exact) mass is 300 g/mol. The maximum absolute atomic E-state index is 11.9. The summed E-state index contributed by atoms with van der Waals surface area (Å²) in [6, 6.07) is -1.23. The average Bonchev–Trinajstić information content (AvgIpc) is 2.41. The van der Waals surface area contributed by atoms with Crippen molar-refractivity contribution in [1.82, 2.24) is 10.6 Å². The molecule has 0 aliphatic heterocycles. The van der Waals surface area contributed by atoms with Crippen molar-refractivity contribution in [2.75, 3.05) is 6.54 Å². The molecule has 0 rings (SSSR count). The predicted octanol–water partition coefficient (Wildman–Crippen LogP) is 3.39. The summed E-state index contributed by atoms with van der Waals surface area (Å²) < 4.78 is 0. The number of carbonyl (C=O) groups excluding carboxylic acids is 1.